The topological polar surface area (TPSA) is 63.6 Å². The summed E-state index contributed by atoms with van der Waals surface area (Å²) in [6, 6.07) is 13.3. The number of nitrogens with one attached hydrogen (secondary N) is 1. The van der Waals surface area contributed by atoms with E-state index in [1.807, 2.05) is 31.3 Å². The Kier molecular flexibility index (Phi) is 3.93. The van der Waals surface area contributed by atoms with Gasteiger partial charge in [-0.1, -0.05) is 12.1 Å². The molecule has 4 aromatic rings. The number of rotatable bonds is 3. The molecule has 4 rings (SSSR count). The van der Waals surface area contributed by atoms with E-state index in [1.54, 1.807) is 35.0 Å². The van der Waals surface area contributed by atoms with Crippen LogP contribution in [-0.2, 0) is 0 Å². The van der Waals surface area contributed by atoms with Gasteiger partial charge < -0.3 is 4.98 Å². The summed E-state index contributed by atoms with van der Waals surface area (Å²) in [6.07, 6.45) is 5.43. The number of aromatic amines is 1. The minimum absolute atomic E-state index is 0.172. The van der Waals surface area contributed by atoms with Gasteiger partial charge in [0, 0.05) is 11.8 Å². The minimum atomic E-state index is -0.288. The van der Waals surface area contributed by atoms with Crippen molar-refractivity contribution in [3.8, 4) is 5.69 Å². The van der Waals surface area contributed by atoms with E-state index in [0.717, 1.165) is 16.9 Å². The van der Waals surface area contributed by atoms with Crippen LogP contribution in [-0.4, -0.2) is 19.7 Å². The molecule has 0 aliphatic heterocycles. The number of H-pyrrole nitrogens is 1. The molecule has 0 bridgehead atoms. The van der Waals surface area contributed by atoms with Crippen LogP contribution in [0.25, 0.3) is 28.7 Å². The highest BCUT2D eigenvalue weighted by Gasteiger charge is 2.05. The Balaban J connectivity index is 1.67. The van der Waals surface area contributed by atoms with Crippen LogP contribution in [0.5, 0.6) is 0 Å². The number of para-hydroxylation sites is 1. The summed E-state index contributed by atoms with van der Waals surface area (Å²) in [5, 5.41) is 5.00. The van der Waals surface area contributed by atoms with Gasteiger partial charge >= 0.3 is 0 Å². The molecule has 0 fully saturated rings. The van der Waals surface area contributed by atoms with E-state index in [0.29, 0.717) is 16.7 Å². The van der Waals surface area contributed by atoms with Crippen LogP contribution in [0.2, 0.25) is 0 Å². The van der Waals surface area contributed by atoms with E-state index < -0.39 is 0 Å². The Morgan fingerprint density at radius 1 is 1.08 bits per heavy atom. The Morgan fingerprint density at radius 3 is 2.65 bits per heavy atom. The van der Waals surface area contributed by atoms with E-state index in [9.17, 15) is 9.18 Å². The first kappa shape index (κ1) is 16.0. The molecule has 0 unspecified atom stereocenters. The second-order valence-electron chi connectivity index (χ2n) is 5.89. The van der Waals surface area contributed by atoms with Gasteiger partial charge in [-0.3, -0.25) is 4.79 Å². The second kappa shape index (κ2) is 6.40. The predicted molar refractivity (Wildman–Crippen MR) is 99.6 cm³/mol. The van der Waals surface area contributed by atoms with Crippen LogP contribution in [0.1, 0.15) is 17.1 Å². The average molecular weight is 346 g/mol. The molecule has 128 valence electrons. The number of hydrogen-bond donors (Lipinski definition) is 1. The Bertz CT molecular complexity index is 1170. The number of aromatic nitrogens is 4. The molecule has 2 aromatic carbocycles. The first-order valence-corrected chi connectivity index (χ1v) is 8.09. The van der Waals surface area contributed by atoms with Gasteiger partial charge in [-0.05, 0) is 55.5 Å². The van der Waals surface area contributed by atoms with Crippen molar-refractivity contribution < 1.29 is 4.39 Å². The van der Waals surface area contributed by atoms with Gasteiger partial charge in [-0.15, -0.1) is 0 Å². The second-order valence-corrected chi connectivity index (χ2v) is 5.89. The molecule has 1 N–H and O–H groups in total. The molecule has 0 aliphatic rings. The smallest absolute Gasteiger partial charge is 0.259 e. The van der Waals surface area contributed by atoms with Crippen molar-refractivity contribution in [1.82, 2.24) is 19.7 Å². The summed E-state index contributed by atoms with van der Waals surface area (Å²) in [4.78, 5) is 19.3. The lowest BCUT2D eigenvalue weighted by Crippen LogP contribution is -2.09. The maximum absolute atomic E-state index is 13.1. The fourth-order valence-electron chi connectivity index (χ4n) is 2.72. The lowest BCUT2D eigenvalue weighted by atomic mass is 10.2. The highest BCUT2D eigenvalue weighted by molar-refractivity contribution is 5.79. The number of benzene rings is 2. The van der Waals surface area contributed by atoms with Gasteiger partial charge in [0.15, 0.2) is 0 Å². The summed E-state index contributed by atoms with van der Waals surface area (Å²) in [5.41, 5.74) is 2.94. The molecule has 2 aromatic heterocycles. The predicted octanol–water partition coefficient (Wildman–Crippen LogP) is 3.73. The first-order valence-electron chi connectivity index (χ1n) is 8.09. The number of fused-ring (bicyclic) bond motifs is 1. The summed E-state index contributed by atoms with van der Waals surface area (Å²) in [6.45, 7) is 1.89. The van der Waals surface area contributed by atoms with E-state index >= 15 is 0 Å². The van der Waals surface area contributed by atoms with Crippen LogP contribution in [0.3, 0.4) is 0 Å². The number of halogens is 1. The van der Waals surface area contributed by atoms with Crippen molar-refractivity contribution in [2.75, 3.05) is 0 Å². The molecule has 26 heavy (non-hydrogen) atoms. The fourth-order valence-corrected chi connectivity index (χ4v) is 2.72. The van der Waals surface area contributed by atoms with Crippen LogP contribution in [0, 0.1) is 12.7 Å². The van der Waals surface area contributed by atoms with Crippen molar-refractivity contribution in [3.05, 3.63) is 88.0 Å². The monoisotopic (exact) mass is 346 g/mol. The van der Waals surface area contributed by atoms with Crippen molar-refractivity contribution in [3.63, 3.8) is 0 Å². The lowest BCUT2D eigenvalue weighted by molar-refractivity contribution is 0.627. The Hall–Kier alpha value is -3.54. The molecule has 0 saturated carbocycles. The van der Waals surface area contributed by atoms with Crippen molar-refractivity contribution in [2.45, 2.75) is 6.92 Å². The van der Waals surface area contributed by atoms with Crippen LogP contribution >= 0.6 is 0 Å². The molecule has 0 aliphatic carbocycles. The van der Waals surface area contributed by atoms with E-state index in [4.69, 9.17) is 0 Å². The quantitative estimate of drug-likeness (QED) is 0.615. The van der Waals surface area contributed by atoms with E-state index in [2.05, 4.69) is 15.1 Å². The SMILES string of the molecule is Cc1nn(-c2ccc(F)cc2)cc1C=Cc1nc2ccccc2c(=O)[nH]1. The first-order chi connectivity index (χ1) is 12.6. The zero-order valence-corrected chi connectivity index (χ0v) is 14.0. The minimum Gasteiger partial charge on any atom is -0.306 e. The molecule has 0 spiro atoms. The number of aryl methyl sites for hydroxylation is 1. The number of hydrogen-bond acceptors (Lipinski definition) is 3. The van der Waals surface area contributed by atoms with Gasteiger partial charge in [-0.2, -0.15) is 5.10 Å². The van der Waals surface area contributed by atoms with Gasteiger partial charge in [0.2, 0.25) is 0 Å². The molecular formula is C20H15FN4O. The molecular weight excluding hydrogens is 331 g/mol. The summed E-state index contributed by atoms with van der Waals surface area (Å²) < 4.78 is 14.7. The third kappa shape index (κ3) is 3.04. The largest absolute Gasteiger partial charge is 0.306 e. The van der Waals surface area contributed by atoms with Crippen molar-refractivity contribution in [1.29, 1.82) is 0 Å². The van der Waals surface area contributed by atoms with E-state index in [-0.39, 0.29) is 11.4 Å². The highest BCUT2D eigenvalue weighted by Crippen LogP contribution is 2.15. The van der Waals surface area contributed by atoms with Crippen molar-refractivity contribution in [2.24, 2.45) is 0 Å². The van der Waals surface area contributed by atoms with Gasteiger partial charge in [0.25, 0.3) is 5.56 Å². The summed E-state index contributed by atoms with van der Waals surface area (Å²) in [7, 11) is 0. The summed E-state index contributed by atoms with van der Waals surface area (Å²) >= 11 is 0. The molecule has 0 amide bonds. The molecule has 0 saturated heterocycles. The maximum Gasteiger partial charge on any atom is 0.259 e. The molecule has 0 radical (unpaired) electrons. The fraction of sp³-hybridized carbons (Fsp3) is 0.0500. The Morgan fingerprint density at radius 2 is 1.85 bits per heavy atom. The maximum atomic E-state index is 13.1. The molecule has 0 atom stereocenters. The highest BCUT2D eigenvalue weighted by atomic mass is 19.1. The van der Waals surface area contributed by atoms with Crippen molar-refractivity contribution >= 4 is 23.1 Å². The standard InChI is InChI=1S/C20H15FN4O/c1-13-14(12-25(24-13)16-9-7-15(21)8-10-16)6-11-19-22-18-5-3-2-4-17(18)20(26)23-19/h2-12H,1H3,(H,22,23,26). The third-order valence-electron chi connectivity index (χ3n) is 4.08. The number of nitrogens with zero attached hydrogens (tertiary/aromatic N) is 3. The molecule has 6 heteroatoms. The van der Waals surface area contributed by atoms with Crippen LogP contribution < -0.4 is 5.56 Å². The van der Waals surface area contributed by atoms with E-state index in [1.165, 1.54) is 12.1 Å². The van der Waals surface area contributed by atoms with Gasteiger partial charge in [0.05, 0.1) is 22.3 Å². The molecule has 5 nitrogen and oxygen atoms in total. The van der Waals surface area contributed by atoms with Gasteiger partial charge in [-0.25, -0.2) is 14.1 Å². The zero-order valence-electron chi connectivity index (χ0n) is 14.0. The average Bonchev–Trinajstić information content (AvgIpc) is 3.01. The normalized spacial score (nSPS) is 11.5. The van der Waals surface area contributed by atoms with Crippen LogP contribution in [0.15, 0.2) is 59.5 Å². The zero-order chi connectivity index (χ0) is 18.1. The van der Waals surface area contributed by atoms with Gasteiger partial charge in [0.1, 0.15) is 11.6 Å². The molecule has 2 heterocycles. The summed E-state index contributed by atoms with van der Waals surface area (Å²) in [5.74, 6) is 0.187. The Labute approximate surface area is 148 Å². The van der Waals surface area contributed by atoms with Crippen LogP contribution in [0.4, 0.5) is 4.39 Å². The third-order valence-corrected chi connectivity index (χ3v) is 4.08. The lowest BCUT2D eigenvalue weighted by Gasteiger charge is -1.99.